The van der Waals surface area contributed by atoms with Gasteiger partial charge in [-0.05, 0) is 42.7 Å². The van der Waals surface area contributed by atoms with E-state index in [1.54, 1.807) is 18.2 Å². The Bertz CT molecular complexity index is 1110. The smallest absolute Gasteiger partial charge is 0.250 e. The number of furan rings is 1. The summed E-state index contributed by atoms with van der Waals surface area (Å²) < 4.78 is 32.9. The SMILES string of the molecule is C=CC(=O)Nc1cc2c(o1)CN(S(=O)(=O)c1ccc(NC(=O)CCC3CCCCC3)cc1)C2. The van der Waals surface area contributed by atoms with Gasteiger partial charge in [-0.15, -0.1) is 0 Å². The van der Waals surface area contributed by atoms with Crippen molar-refractivity contribution in [2.45, 2.75) is 62.9 Å². The van der Waals surface area contributed by atoms with E-state index in [1.165, 1.54) is 48.5 Å². The maximum atomic E-state index is 13.0. The lowest BCUT2D eigenvalue weighted by molar-refractivity contribution is -0.116. The third kappa shape index (κ3) is 5.54. The van der Waals surface area contributed by atoms with Crippen LogP contribution in [0.15, 0.2) is 52.3 Å². The van der Waals surface area contributed by atoms with Gasteiger partial charge in [-0.25, -0.2) is 8.42 Å². The van der Waals surface area contributed by atoms with E-state index in [2.05, 4.69) is 17.2 Å². The van der Waals surface area contributed by atoms with Crippen LogP contribution < -0.4 is 10.6 Å². The van der Waals surface area contributed by atoms with E-state index >= 15 is 0 Å². The molecular weight excluding hydrogens is 442 g/mol. The predicted octanol–water partition coefficient (Wildman–Crippen LogP) is 4.41. The number of nitrogens with zero attached hydrogens (tertiary/aromatic N) is 1. The molecule has 0 unspecified atom stereocenters. The van der Waals surface area contributed by atoms with Crippen molar-refractivity contribution >= 4 is 33.4 Å². The highest BCUT2D eigenvalue weighted by atomic mass is 32.2. The van der Waals surface area contributed by atoms with Gasteiger partial charge in [0.15, 0.2) is 5.88 Å². The minimum atomic E-state index is -3.73. The topological polar surface area (TPSA) is 109 Å². The van der Waals surface area contributed by atoms with Crippen LogP contribution in [0.5, 0.6) is 0 Å². The normalized spacial score (nSPS) is 16.8. The van der Waals surface area contributed by atoms with Crippen LogP contribution in [-0.2, 0) is 32.7 Å². The van der Waals surface area contributed by atoms with E-state index in [0.29, 0.717) is 29.3 Å². The fraction of sp³-hybridized carbons (Fsp3) is 0.417. The Hall–Kier alpha value is -2.91. The van der Waals surface area contributed by atoms with Crippen molar-refractivity contribution in [3.63, 3.8) is 0 Å². The minimum Gasteiger partial charge on any atom is -0.444 e. The van der Waals surface area contributed by atoms with Gasteiger partial charge < -0.3 is 9.73 Å². The Morgan fingerprint density at radius 1 is 1.09 bits per heavy atom. The van der Waals surface area contributed by atoms with Crippen molar-refractivity contribution < 1.29 is 22.4 Å². The Morgan fingerprint density at radius 2 is 1.82 bits per heavy atom. The van der Waals surface area contributed by atoms with Crippen molar-refractivity contribution in [3.8, 4) is 0 Å². The van der Waals surface area contributed by atoms with Gasteiger partial charge in [-0.1, -0.05) is 38.7 Å². The summed E-state index contributed by atoms with van der Waals surface area (Å²) in [5.74, 6) is 0.971. The van der Waals surface area contributed by atoms with Gasteiger partial charge in [-0.2, -0.15) is 4.31 Å². The molecule has 2 amide bonds. The van der Waals surface area contributed by atoms with E-state index in [1.807, 2.05) is 0 Å². The Labute approximate surface area is 194 Å². The monoisotopic (exact) mass is 471 g/mol. The highest BCUT2D eigenvalue weighted by Crippen LogP contribution is 2.33. The molecule has 0 saturated heterocycles. The van der Waals surface area contributed by atoms with Crippen molar-refractivity contribution in [1.82, 2.24) is 4.31 Å². The van der Waals surface area contributed by atoms with Crippen LogP contribution >= 0.6 is 0 Å². The number of fused-ring (bicyclic) bond motifs is 1. The quantitative estimate of drug-likeness (QED) is 0.555. The lowest BCUT2D eigenvalue weighted by Gasteiger charge is -2.21. The summed E-state index contributed by atoms with van der Waals surface area (Å²) in [5, 5.41) is 5.39. The summed E-state index contributed by atoms with van der Waals surface area (Å²) in [6, 6.07) is 7.85. The molecule has 1 aromatic carbocycles. The number of rotatable bonds is 8. The average Bonchev–Trinajstić information content (AvgIpc) is 3.38. The number of amides is 2. The van der Waals surface area contributed by atoms with Gasteiger partial charge in [-0.3, -0.25) is 14.9 Å². The highest BCUT2D eigenvalue weighted by Gasteiger charge is 2.33. The zero-order valence-corrected chi connectivity index (χ0v) is 19.3. The average molecular weight is 472 g/mol. The first-order valence-electron chi connectivity index (χ1n) is 11.3. The second kappa shape index (κ2) is 9.93. The minimum absolute atomic E-state index is 0.0420. The first-order valence-corrected chi connectivity index (χ1v) is 12.7. The van der Waals surface area contributed by atoms with Crippen molar-refractivity contribution in [2.75, 3.05) is 10.6 Å². The zero-order chi connectivity index (χ0) is 23.4. The molecule has 0 radical (unpaired) electrons. The maximum absolute atomic E-state index is 13.0. The Morgan fingerprint density at radius 3 is 2.48 bits per heavy atom. The van der Waals surface area contributed by atoms with Crippen molar-refractivity contribution in [1.29, 1.82) is 0 Å². The van der Waals surface area contributed by atoms with Gasteiger partial charge in [0.1, 0.15) is 5.76 Å². The number of hydrogen-bond acceptors (Lipinski definition) is 5. The van der Waals surface area contributed by atoms with Gasteiger partial charge >= 0.3 is 0 Å². The van der Waals surface area contributed by atoms with Gasteiger partial charge in [0.05, 0.1) is 11.4 Å². The predicted molar refractivity (Wildman–Crippen MR) is 125 cm³/mol. The lowest BCUT2D eigenvalue weighted by atomic mass is 9.86. The molecule has 4 rings (SSSR count). The Kier molecular flexibility index (Phi) is 6.99. The number of hydrogen-bond donors (Lipinski definition) is 2. The number of sulfonamides is 1. The molecule has 1 fully saturated rings. The largest absolute Gasteiger partial charge is 0.444 e. The molecule has 2 heterocycles. The van der Waals surface area contributed by atoms with Crippen LogP contribution in [-0.4, -0.2) is 24.5 Å². The molecule has 2 N–H and O–H groups in total. The molecule has 9 heteroatoms. The summed E-state index contributed by atoms with van der Waals surface area (Å²) >= 11 is 0. The molecule has 33 heavy (non-hydrogen) atoms. The van der Waals surface area contributed by atoms with Gasteiger partial charge in [0, 0.05) is 30.3 Å². The molecule has 0 bridgehead atoms. The van der Waals surface area contributed by atoms with E-state index in [9.17, 15) is 18.0 Å². The molecule has 0 spiro atoms. The first kappa shape index (κ1) is 23.3. The first-order chi connectivity index (χ1) is 15.8. The van der Waals surface area contributed by atoms with Gasteiger partial charge in [0.2, 0.25) is 21.8 Å². The molecule has 1 aliphatic carbocycles. The second-order valence-corrected chi connectivity index (χ2v) is 10.6. The number of anilines is 2. The molecule has 2 aliphatic rings. The molecule has 176 valence electrons. The number of nitrogens with one attached hydrogen (secondary N) is 2. The lowest BCUT2D eigenvalue weighted by Crippen LogP contribution is -2.25. The summed E-state index contributed by atoms with van der Waals surface area (Å²) in [5.41, 5.74) is 1.29. The van der Waals surface area contributed by atoms with E-state index in [0.717, 1.165) is 12.5 Å². The fourth-order valence-corrected chi connectivity index (χ4v) is 5.81. The van der Waals surface area contributed by atoms with Crippen LogP contribution in [0, 0.1) is 5.92 Å². The number of carbonyl (C=O) groups is 2. The van der Waals surface area contributed by atoms with E-state index < -0.39 is 15.9 Å². The summed E-state index contributed by atoms with van der Waals surface area (Å²) in [6.07, 6.45) is 8.75. The fourth-order valence-electron chi connectivity index (χ4n) is 4.44. The van der Waals surface area contributed by atoms with Gasteiger partial charge in [0.25, 0.3) is 0 Å². The zero-order valence-electron chi connectivity index (χ0n) is 18.5. The van der Waals surface area contributed by atoms with Crippen LogP contribution in [0.1, 0.15) is 56.3 Å². The summed E-state index contributed by atoms with van der Waals surface area (Å²) in [6.45, 7) is 3.63. The summed E-state index contributed by atoms with van der Waals surface area (Å²) in [4.78, 5) is 23.8. The second-order valence-electron chi connectivity index (χ2n) is 8.64. The maximum Gasteiger partial charge on any atom is 0.250 e. The third-order valence-corrected chi connectivity index (χ3v) is 8.08. The van der Waals surface area contributed by atoms with Crippen molar-refractivity contribution in [3.05, 3.63) is 54.3 Å². The summed E-state index contributed by atoms with van der Waals surface area (Å²) in [7, 11) is -3.73. The molecule has 0 atom stereocenters. The Balaban J connectivity index is 1.32. The van der Waals surface area contributed by atoms with Crippen LogP contribution in [0.2, 0.25) is 0 Å². The molecule has 2 aromatic rings. The van der Waals surface area contributed by atoms with Crippen LogP contribution in [0.3, 0.4) is 0 Å². The van der Waals surface area contributed by atoms with Crippen molar-refractivity contribution in [2.24, 2.45) is 5.92 Å². The third-order valence-electron chi connectivity index (χ3n) is 6.28. The molecule has 1 aromatic heterocycles. The van der Waals surface area contributed by atoms with E-state index in [4.69, 9.17) is 4.42 Å². The number of benzene rings is 1. The molecule has 8 nitrogen and oxygen atoms in total. The molecule has 1 aliphatic heterocycles. The molecule has 1 saturated carbocycles. The van der Waals surface area contributed by atoms with Crippen LogP contribution in [0.4, 0.5) is 11.6 Å². The van der Waals surface area contributed by atoms with E-state index in [-0.39, 0.29) is 29.8 Å². The van der Waals surface area contributed by atoms with Crippen LogP contribution in [0.25, 0.3) is 0 Å². The standard InChI is InChI=1S/C24H29N3O5S/c1-2-22(28)26-24-14-18-15-27(16-21(18)32-24)33(30,31)20-11-9-19(10-12-20)25-23(29)13-8-17-6-4-3-5-7-17/h2,9-12,14,17H,1,3-8,13,15-16H2,(H,25,29)(H,26,28). The number of carbonyl (C=O) groups excluding carboxylic acids is 2. The molecular formula is C24H29N3O5S. The highest BCUT2D eigenvalue weighted by molar-refractivity contribution is 7.89.